The van der Waals surface area contributed by atoms with E-state index in [9.17, 15) is 9.50 Å². The van der Waals surface area contributed by atoms with Gasteiger partial charge in [0.2, 0.25) is 0 Å². The molecule has 0 radical (unpaired) electrons. The molecule has 1 N–H and O–H groups in total. The predicted molar refractivity (Wildman–Crippen MR) is 63.9 cm³/mol. The van der Waals surface area contributed by atoms with Crippen LogP contribution in [0.1, 0.15) is 22.2 Å². The molecular weight excluding hydrogens is 241 g/mol. The molecule has 1 atom stereocenters. The molecule has 0 aliphatic rings. The second-order valence-electron chi connectivity index (χ2n) is 3.59. The zero-order valence-corrected chi connectivity index (χ0v) is 10.3. The van der Waals surface area contributed by atoms with Crippen LogP contribution in [0.2, 0.25) is 0 Å². The summed E-state index contributed by atoms with van der Waals surface area (Å²) in [5, 5.41) is 10.2. The fourth-order valence-electron chi connectivity index (χ4n) is 1.63. The van der Waals surface area contributed by atoms with Gasteiger partial charge in [-0.25, -0.2) is 9.37 Å². The topological polar surface area (TPSA) is 42.4 Å². The summed E-state index contributed by atoms with van der Waals surface area (Å²) in [7, 11) is 1.49. The molecule has 5 heteroatoms. The number of hydrogen-bond acceptors (Lipinski definition) is 4. The van der Waals surface area contributed by atoms with Gasteiger partial charge in [0.1, 0.15) is 17.7 Å². The molecule has 0 saturated heterocycles. The minimum atomic E-state index is -0.909. The van der Waals surface area contributed by atoms with Gasteiger partial charge < -0.3 is 9.84 Å². The number of halogens is 1. The van der Waals surface area contributed by atoms with Crippen LogP contribution >= 0.6 is 11.3 Å². The molecule has 1 unspecified atom stereocenters. The van der Waals surface area contributed by atoms with Gasteiger partial charge in [-0.05, 0) is 25.1 Å². The number of aromatic nitrogens is 1. The first-order valence-corrected chi connectivity index (χ1v) is 5.93. The van der Waals surface area contributed by atoms with Gasteiger partial charge in [-0.15, -0.1) is 11.3 Å². The molecule has 1 aromatic carbocycles. The number of aliphatic hydroxyl groups excluding tert-OH is 1. The molecule has 2 aromatic rings. The van der Waals surface area contributed by atoms with Crippen LogP contribution in [-0.4, -0.2) is 17.2 Å². The zero-order chi connectivity index (χ0) is 12.4. The monoisotopic (exact) mass is 253 g/mol. The highest BCUT2D eigenvalue weighted by atomic mass is 32.1. The molecule has 2 rings (SSSR count). The van der Waals surface area contributed by atoms with Crippen molar-refractivity contribution in [3.8, 4) is 5.75 Å². The van der Waals surface area contributed by atoms with Crippen molar-refractivity contribution in [2.45, 2.75) is 13.0 Å². The van der Waals surface area contributed by atoms with Crippen molar-refractivity contribution in [2.24, 2.45) is 0 Å². The number of aliphatic hydroxyl groups is 1. The lowest BCUT2D eigenvalue weighted by Crippen LogP contribution is -2.03. The Morgan fingerprint density at radius 1 is 1.47 bits per heavy atom. The Bertz CT molecular complexity index is 527. The SMILES string of the molecule is COc1ccc(F)cc1C(O)c1scnc1C. The number of hydrogen-bond donors (Lipinski definition) is 1. The summed E-state index contributed by atoms with van der Waals surface area (Å²) < 4.78 is 18.3. The van der Waals surface area contributed by atoms with Crippen molar-refractivity contribution in [1.29, 1.82) is 0 Å². The van der Waals surface area contributed by atoms with Crippen LogP contribution in [0, 0.1) is 12.7 Å². The number of rotatable bonds is 3. The Kier molecular flexibility index (Phi) is 3.40. The van der Waals surface area contributed by atoms with Gasteiger partial charge >= 0.3 is 0 Å². The summed E-state index contributed by atoms with van der Waals surface area (Å²) in [6.45, 7) is 1.81. The lowest BCUT2D eigenvalue weighted by molar-refractivity contribution is 0.217. The molecule has 0 aliphatic carbocycles. The fraction of sp³-hybridized carbons (Fsp3) is 0.250. The Morgan fingerprint density at radius 2 is 2.24 bits per heavy atom. The molecule has 0 saturated carbocycles. The van der Waals surface area contributed by atoms with Crippen LogP contribution in [-0.2, 0) is 0 Å². The molecule has 90 valence electrons. The third-order valence-corrected chi connectivity index (χ3v) is 3.50. The summed E-state index contributed by atoms with van der Waals surface area (Å²) >= 11 is 1.34. The molecule has 1 aromatic heterocycles. The maximum atomic E-state index is 13.2. The molecule has 1 heterocycles. The van der Waals surface area contributed by atoms with E-state index in [2.05, 4.69) is 4.98 Å². The highest BCUT2D eigenvalue weighted by Crippen LogP contribution is 2.33. The van der Waals surface area contributed by atoms with Gasteiger partial charge in [-0.2, -0.15) is 0 Å². The second-order valence-corrected chi connectivity index (χ2v) is 4.48. The van der Waals surface area contributed by atoms with Crippen molar-refractivity contribution in [2.75, 3.05) is 7.11 Å². The van der Waals surface area contributed by atoms with Crippen molar-refractivity contribution in [1.82, 2.24) is 4.98 Å². The Hall–Kier alpha value is -1.46. The van der Waals surface area contributed by atoms with E-state index in [0.717, 1.165) is 5.69 Å². The number of benzene rings is 1. The quantitative estimate of drug-likeness (QED) is 0.914. The van der Waals surface area contributed by atoms with Gasteiger partial charge in [0.25, 0.3) is 0 Å². The van der Waals surface area contributed by atoms with Crippen LogP contribution in [0.3, 0.4) is 0 Å². The van der Waals surface area contributed by atoms with Crippen LogP contribution < -0.4 is 4.74 Å². The van der Waals surface area contributed by atoms with Gasteiger partial charge in [-0.3, -0.25) is 0 Å². The van der Waals surface area contributed by atoms with Crippen LogP contribution in [0.25, 0.3) is 0 Å². The standard InChI is InChI=1S/C12H12FNO2S/c1-7-12(17-6-14-7)11(15)9-5-8(13)3-4-10(9)16-2/h3-6,11,15H,1-2H3. The van der Waals surface area contributed by atoms with Crippen LogP contribution in [0.15, 0.2) is 23.7 Å². The normalized spacial score (nSPS) is 12.5. The molecule has 0 fully saturated rings. The lowest BCUT2D eigenvalue weighted by Gasteiger charge is -2.14. The van der Waals surface area contributed by atoms with E-state index in [1.54, 1.807) is 12.4 Å². The molecular formula is C12H12FNO2S. The molecule has 0 aliphatic heterocycles. The number of thiazole rings is 1. The van der Waals surface area contributed by atoms with E-state index in [1.165, 1.54) is 36.6 Å². The highest BCUT2D eigenvalue weighted by molar-refractivity contribution is 7.09. The van der Waals surface area contributed by atoms with Crippen LogP contribution in [0.4, 0.5) is 4.39 Å². The largest absolute Gasteiger partial charge is 0.496 e. The van der Waals surface area contributed by atoms with Crippen molar-refractivity contribution in [3.05, 3.63) is 45.7 Å². The molecule has 17 heavy (non-hydrogen) atoms. The second kappa shape index (κ2) is 4.81. The first-order valence-electron chi connectivity index (χ1n) is 5.05. The summed E-state index contributed by atoms with van der Waals surface area (Å²) in [5.41, 5.74) is 2.81. The average Bonchev–Trinajstić information content (AvgIpc) is 2.74. The van der Waals surface area contributed by atoms with Gasteiger partial charge in [0.05, 0.1) is 23.2 Å². The molecule has 0 bridgehead atoms. The first-order chi connectivity index (χ1) is 8.13. The van der Waals surface area contributed by atoms with E-state index in [4.69, 9.17) is 4.74 Å². The van der Waals surface area contributed by atoms with E-state index in [1.807, 2.05) is 0 Å². The Morgan fingerprint density at radius 3 is 2.82 bits per heavy atom. The van der Waals surface area contributed by atoms with Gasteiger partial charge in [-0.1, -0.05) is 0 Å². The number of ether oxygens (including phenoxy) is 1. The van der Waals surface area contributed by atoms with Gasteiger partial charge in [0, 0.05) is 5.56 Å². The predicted octanol–water partition coefficient (Wildman–Crippen LogP) is 2.68. The van der Waals surface area contributed by atoms with Crippen molar-refractivity contribution < 1.29 is 14.2 Å². The first kappa shape index (κ1) is 12.0. The Balaban J connectivity index is 2.46. The summed E-state index contributed by atoms with van der Waals surface area (Å²) in [4.78, 5) is 4.77. The number of aryl methyl sites for hydroxylation is 1. The number of nitrogens with zero attached hydrogens (tertiary/aromatic N) is 1. The zero-order valence-electron chi connectivity index (χ0n) is 9.48. The Labute approximate surface area is 103 Å². The maximum Gasteiger partial charge on any atom is 0.125 e. The smallest absolute Gasteiger partial charge is 0.125 e. The summed E-state index contributed by atoms with van der Waals surface area (Å²) in [6, 6.07) is 4.08. The van der Waals surface area contributed by atoms with Crippen LogP contribution in [0.5, 0.6) is 5.75 Å². The maximum absolute atomic E-state index is 13.2. The van der Waals surface area contributed by atoms with Gasteiger partial charge in [0.15, 0.2) is 0 Å². The van der Waals surface area contributed by atoms with Crippen molar-refractivity contribution >= 4 is 11.3 Å². The number of methoxy groups -OCH3 is 1. The summed E-state index contributed by atoms with van der Waals surface area (Å²) in [6.07, 6.45) is -0.909. The van der Waals surface area contributed by atoms with E-state index in [-0.39, 0.29) is 0 Å². The summed E-state index contributed by atoms with van der Waals surface area (Å²) in [5.74, 6) is 0.0636. The highest BCUT2D eigenvalue weighted by Gasteiger charge is 2.19. The minimum absolute atomic E-state index is 0.401. The van der Waals surface area contributed by atoms with E-state index in [0.29, 0.717) is 16.2 Å². The third-order valence-electron chi connectivity index (χ3n) is 2.52. The van der Waals surface area contributed by atoms with E-state index >= 15 is 0 Å². The average molecular weight is 253 g/mol. The molecule has 0 spiro atoms. The molecule has 0 amide bonds. The minimum Gasteiger partial charge on any atom is -0.496 e. The lowest BCUT2D eigenvalue weighted by atomic mass is 10.1. The fourth-order valence-corrected chi connectivity index (χ4v) is 2.44. The third kappa shape index (κ3) is 2.30. The van der Waals surface area contributed by atoms with E-state index < -0.39 is 11.9 Å². The molecule has 3 nitrogen and oxygen atoms in total. The van der Waals surface area contributed by atoms with Crippen molar-refractivity contribution in [3.63, 3.8) is 0 Å².